The third kappa shape index (κ3) is 5.91. The van der Waals surface area contributed by atoms with Gasteiger partial charge in [0.05, 0.1) is 11.0 Å². The van der Waals surface area contributed by atoms with Crippen LogP contribution in [0, 0.1) is 18.8 Å². The number of aryl methyl sites for hydroxylation is 1. The van der Waals surface area contributed by atoms with Gasteiger partial charge in [0, 0.05) is 8.80 Å². The van der Waals surface area contributed by atoms with Gasteiger partial charge in [-0.3, -0.25) is 4.18 Å². The Hall–Kier alpha value is -0.653. The highest BCUT2D eigenvalue weighted by Crippen LogP contribution is 2.40. The highest BCUT2D eigenvalue weighted by Gasteiger charge is 2.33. The first-order chi connectivity index (χ1) is 13.0. The summed E-state index contributed by atoms with van der Waals surface area (Å²) in [5.41, 5.74) is 1.06. The summed E-state index contributed by atoms with van der Waals surface area (Å²) in [5, 5.41) is 0. The highest BCUT2D eigenvalue weighted by molar-refractivity contribution is 7.86. The molecule has 27 heavy (non-hydrogen) atoms. The van der Waals surface area contributed by atoms with E-state index in [9.17, 15) is 8.42 Å². The van der Waals surface area contributed by atoms with Crippen molar-refractivity contribution in [3.63, 3.8) is 0 Å². The molecule has 3 nitrogen and oxygen atoms in total. The molecule has 0 spiro atoms. The molecule has 1 heterocycles. The summed E-state index contributed by atoms with van der Waals surface area (Å²) in [7, 11) is -4.05. The standard InChI is InChI=1S/C22H36O3SSi/c1-3-4-15-27-16-13-20(14-17-27)19-7-9-21(10-8-19)25-26(23,24)22-11-5-18(2)6-12-22/h5-6,11-12,19-21,27H,3-4,7-10,13-17H2,1-2H3. The van der Waals surface area contributed by atoms with E-state index in [1.54, 1.807) is 30.3 Å². The molecular weight excluding hydrogens is 372 g/mol. The van der Waals surface area contributed by atoms with Crippen LogP contribution in [0.5, 0.6) is 0 Å². The van der Waals surface area contributed by atoms with Crippen LogP contribution in [0.4, 0.5) is 0 Å². The van der Waals surface area contributed by atoms with Crippen LogP contribution in [-0.4, -0.2) is 23.3 Å². The maximum Gasteiger partial charge on any atom is 0.297 e. The average molecular weight is 409 g/mol. The van der Waals surface area contributed by atoms with Crippen molar-refractivity contribution in [2.75, 3.05) is 0 Å². The Bertz CT molecular complexity index is 670. The van der Waals surface area contributed by atoms with Crippen LogP contribution in [0.1, 0.15) is 63.9 Å². The van der Waals surface area contributed by atoms with E-state index in [2.05, 4.69) is 6.92 Å². The molecule has 2 aliphatic rings. The smallest absolute Gasteiger partial charge is 0.263 e. The zero-order chi connectivity index (χ0) is 19.3. The maximum absolute atomic E-state index is 12.5. The zero-order valence-corrected chi connectivity index (χ0v) is 19.0. The lowest BCUT2D eigenvalue weighted by Crippen LogP contribution is -2.31. The lowest BCUT2D eigenvalue weighted by atomic mass is 9.76. The second-order valence-electron chi connectivity index (χ2n) is 8.82. The first-order valence-corrected chi connectivity index (χ1v) is 14.8. The van der Waals surface area contributed by atoms with Crippen molar-refractivity contribution in [3.8, 4) is 0 Å². The summed E-state index contributed by atoms with van der Waals surface area (Å²) in [6, 6.07) is 11.6. The van der Waals surface area contributed by atoms with Gasteiger partial charge in [0.1, 0.15) is 0 Å². The number of unbranched alkanes of at least 4 members (excludes halogenated alkanes) is 1. The van der Waals surface area contributed by atoms with Gasteiger partial charge in [0.2, 0.25) is 0 Å². The summed E-state index contributed by atoms with van der Waals surface area (Å²) in [4.78, 5) is 0.283. The molecule has 1 aliphatic carbocycles. The van der Waals surface area contributed by atoms with Crippen LogP contribution >= 0.6 is 0 Å². The molecule has 0 radical (unpaired) electrons. The molecule has 2 fully saturated rings. The minimum atomic E-state index is -3.63. The van der Waals surface area contributed by atoms with E-state index in [0.29, 0.717) is 0 Å². The molecule has 0 atom stereocenters. The van der Waals surface area contributed by atoms with Crippen LogP contribution in [0.25, 0.3) is 0 Å². The van der Waals surface area contributed by atoms with E-state index in [0.717, 1.165) is 43.1 Å². The maximum atomic E-state index is 12.5. The number of benzene rings is 1. The molecule has 152 valence electrons. The predicted molar refractivity (Wildman–Crippen MR) is 114 cm³/mol. The lowest BCUT2D eigenvalue weighted by molar-refractivity contribution is 0.112. The highest BCUT2D eigenvalue weighted by atomic mass is 32.2. The molecule has 0 aromatic heterocycles. The third-order valence-corrected chi connectivity index (χ3v) is 11.7. The summed E-state index contributed by atoms with van der Waals surface area (Å²) in [5.74, 6) is 1.69. The summed E-state index contributed by atoms with van der Waals surface area (Å²) < 4.78 is 30.6. The average Bonchev–Trinajstić information content (AvgIpc) is 2.67. The Morgan fingerprint density at radius 3 is 2.15 bits per heavy atom. The van der Waals surface area contributed by atoms with Gasteiger partial charge in [-0.25, -0.2) is 0 Å². The van der Waals surface area contributed by atoms with Crippen LogP contribution in [-0.2, 0) is 14.3 Å². The minimum Gasteiger partial charge on any atom is -0.263 e. The van der Waals surface area contributed by atoms with Gasteiger partial charge in [0.15, 0.2) is 0 Å². The largest absolute Gasteiger partial charge is 0.297 e. The molecule has 1 aromatic rings. The van der Waals surface area contributed by atoms with Gasteiger partial charge >= 0.3 is 0 Å². The van der Waals surface area contributed by atoms with Gasteiger partial charge in [-0.1, -0.05) is 68.4 Å². The molecule has 1 saturated carbocycles. The molecule has 0 N–H and O–H groups in total. The van der Waals surface area contributed by atoms with Gasteiger partial charge in [-0.2, -0.15) is 8.42 Å². The van der Waals surface area contributed by atoms with Gasteiger partial charge < -0.3 is 0 Å². The Morgan fingerprint density at radius 1 is 0.963 bits per heavy atom. The normalized spacial score (nSPS) is 29.6. The van der Waals surface area contributed by atoms with Crippen molar-refractivity contribution in [1.82, 2.24) is 0 Å². The Morgan fingerprint density at radius 2 is 1.56 bits per heavy atom. The quantitative estimate of drug-likeness (QED) is 0.429. The predicted octanol–water partition coefficient (Wildman–Crippen LogP) is 5.70. The van der Waals surface area contributed by atoms with E-state index >= 15 is 0 Å². The number of rotatable bonds is 7. The number of hydrogen-bond acceptors (Lipinski definition) is 3. The Balaban J connectivity index is 1.44. The van der Waals surface area contributed by atoms with E-state index in [-0.39, 0.29) is 11.0 Å². The second kappa shape index (κ2) is 9.70. The van der Waals surface area contributed by atoms with Crippen molar-refractivity contribution >= 4 is 18.9 Å². The zero-order valence-electron chi connectivity index (χ0n) is 17.0. The van der Waals surface area contributed by atoms with Crippen molar-refractivity contribution < 1.29 is 12.6 Å². The van der Waals surface area contributed by atoms with Crippen LogP contribution < -0.4 is 0 Å². The van der Waals surface area contributed by atoms with Gasteiger partial charge in [-0.15, -0.1) is 0 Å². The molecule has 1 aromatic carbocycles. The monoisotopic (exact) mass is 408 g/mol. The third-order valence-electron chi connectivity index (χ3n) is 6.82. The van der Waals surface area contributed by atoms with E-state index < -0.39 is 18.9 Å². The first kappa shape index (κ1) is 21.1. The van der Waals surface area contributed by atoms with E-state index in [1.807, 2.05) is 19.1 Å². The van der Waals surface area contributed by atoms with Crippen LogP contribution in [0.2, 0.25) is 18.1 Å². The van der Waals surface area contributed by atoms with Crippen LogP contribution in [0.3, 0.4) is 0 Å². The molecule has 0 bridgehead atoms. The van der Waals surface area contributed by atoms with Crippen molar-refractivity contribution in [2.45, 2.75) is 94.3 Å². The molecule has 0 unspecified atom stereocenters. The Kier molecular flexibility index (Phi) is 7.57. The van der Waals surface area contributed by atoms with Gasteiger partial charge in [-0.05, 0) is 56.6 Å². The molecular formula is C22H36O3SSi. The summed E-state index contributed by atoms with van der Waals surface area (Å²) in [6.45, 7) is 4.26. The van der Waals surface area contributed by atoms with Gasteiger partial charge in [0.25, 0.3) is 10.1 Å². The summed E-state index contributed by atoms with van der Waals surface area (Å²) in [6.07, 6.45) is 9.60. The molecule has 1 saturated heterocycles. The second-order valence-corrected chi connectivity index (χ2v) is 13.9. The van der Waals surface area contributed by atoms with Crippen molar-refractivity contribution in [1.29, 1.82) is 0 Å². The fourth-order valence-electron chi connectivity index (χ4n) is 5.04. The molecule has 1 aliphatic heterocycles. The summed E-state index contributed by atoms with van der Waals surface area (Å²) >= 11 is 0. The fourth-order valence-corrected chi connectivity index (χ4v) is 9.82. The molecule has 5 heteroatoms. The van der Waals surface area contributed by atoms with E-state index in [4.69, 9.17) is 4.18 Å². The van der Waals surface area contributed by atoms with Crippen LogP contribution in [0.15, 0.2) is 29.2 Å². The first-order valence-electron chi connectivity index (χ1n) is 11.0. The fraction of sp³-hybridized carbons (Fsp3) is 0.727. The molecule has 0 amide bonds. The lowest BCUT2D eigenvalue weighted by Gasteiger charge is -2.37. The number of hydrogen-bond donors (Lipinski definition) is 0. The Labute approximate surface area is 167 Å². The topological polar surface area (TPSA) is 43.4 Å². The van der Waals surface area contributed by atoms with Crippen molar-refractivity contribution in [3.05, 3.63) is 29.8 Å². The van der Waals surface area contributed by atoms with E-state index in [1.165, 1.54) is 25.7 Å². The van der Waals surface area contributed by atoms with Crippen molar-refractivity contribution in [2.24, 2.45) is 11.8 Å². The minimum absolute atomic E-state index is 0.136. The molecule has 3 rings (SSSR count). The SMILES string of the molecule is CCCC[SiH]1CCC(C2CCC(OS(=O)(=O)c3ccc(C)cc3)CC2)CC1.